The molecule has 6 nitrogen and oxygen atoms in total. The first-order valence-electron chi connectivity index (χ1n) is 10.8. The zero-order valence-corrected chi connectivity index (χ0v) is 18.2. The molecule has 0 aromatic rings. The third-order valence-corrected chi connectivity index (χ3v) is 4.59. The highest BCUT2D eigenvalue weighted by atomic mass is 16.4. The molecule has 0 saturated heterocycles. The Balaban J connectivity index is 3.67. The monoisotopic (exact) mass is 386 g/mol. The van der Waals surface area contributed by atoms with Gasteiger partial charge in [-0.2, -0.15) is 0 Å². The van der Waals surface area contributed by atoms with Crippen LogP contribution in [0.25, 0.3) is 0 Å². The van der Waals surface area contributed by atoms with Crippen LogP contribution in [0, 0.1) is 0 Å². The number of hydrogen-bond acceptors (Lipinski definition) is 2. The van der Waals surface area contributed by atoms with E-state index in [1.165, 1.54) is 57.8 Å². The van der Waals surface area contributed by atoms with Gasteiger partial charge in [0.05, 0.1) is 40.2 Å². The van der Waals surface area contributed by atoms with Crippen molar-refractivity contribution in [2.24, 2.45) is 0 Å². The molecule has 0 rings (SSSR count). The Labute approximate surface area is 166 Å². The first-order valence-corrected chi connectivity index (χ1v) is 10.8. The van der Waals surface area contributed by atoms with Crippen LogP contribution in [0.3, 0.4) is 0 Å². The van der Waals surface area contributed by atoms with E-state index in [1.807, 2.05) is 21.1 Å². The second-order valence-electron chi connectivity index (χ2n) is 8.70. The summed E-state index contributed by atoms with van der Waals surface area (Å²) in [4.78, 5) is 23.0. The molecule has 0 spiro atoms. The molecule has 0 aromatic carbocycles. The molecule has 0 saturated carbocycles. The van der Waals surface area contributed by atoms with Crippen molar-refractivity contribution in [2.45, 2.75) is 90.0 Å². The summed E-state index contributed by atoms with van der Waals surface area (Å²) in [5.74, 6) is -0.890. The number of carboxylic acids is 1. The molecule has 6 heteroatoms. The van der Waals surface area contributed by atoms with Gasteiger partial charge in [0.1, 0.15) is 0 Å². The van der Waals surface area contributed by atoms with E-state index in [4.69, 9.17) is 5.11 Å². The minimum atomic E-state index is -0.890. The maximum Gasteiger partial charge on any atom is 0.315 e. The van der Waals surface area contributed by atoms with Crippen molar-refractivity contribution in [3.05, 3.63) is 0 Å². The second kappa shape index (κ2) is 15.7. The van der Waals surface area contributed by atoms with Crippen LogP contribution >= 0.6 is 0 Å². The van der Waals surface area contributed by atoms with E-state index in [1.54, 1.807) is 0 Å². The number of carbonyl (C=O) groups is 2. The van der Waals surface area contributed by atoms with Crippen LogP contribution in [0.5, 0.6) is 0 Å². The maximum absolute atomic E-state index is 12.0. The smallest absolute Gasteiger partial charge is 0.315 e. The van der Waals surface area contributed by atoms with Crippen molar-refractivity contribution in [2.75, 3.05) is 34.2 Å². The number of nitrogens with zero attached hydrogens (tertiary/aromatic N) is 1. The molecule has 0 heterocycles. The summed E-state index contributed by atoms with van der Waals surface area (Å²) in [6.45, 7) is 3.48. The number of carbonyl (C=O) groups excluding carboxylic acids is 1. The van der Waals surface area contributed by atoms with Crippen LogP contribution in [0.2, 0.25) is 0 Å². The molecule has 0 aliphatic rings. The SMILES string of the molecule is CCCCCCCCCCCCCNC(=O)N[C@H](CC(=O)O)C[N+](C)(C)C. The lowest BCUT2D eigenvalue weighted by molar-refractivity contribution is -0.871. The maximum atomic E-state index is 12.0. The lowest BCUT2D eigenvalue weighted by atomic mass is 10.1. The predicted molar refractivity (Wildman–Crippen MR) is 112 cm³/mol. The highest BCUT2D eigenvalue weighted by Crippen LogP contribution is 2.11. The fourth-order valence-electron chi connectivity index (χ4n) is 3.26. The molecule has 0 radical (unpaired) electrons. The molecule has 0 aromatic heterocycles. The quantitative estimate of drug-likeness (QED) is 0.260. The van der Waals surface area contributed by atoms with E-state index in [0.29, 0.717) is 17.6 Å². The van der Waals surface area contributed by atoms with E-state index in [2.05, 4.69) is 17.6 Å². The largest absolute Gasteiger partial charge is 0.481 e. The van der Waals surface area contributed by atoms with Crippen LogP contribution in [-0.4, -0.2) is 61.9 Å². The summed E-state index contributed by atoms with van der Waals surface area (Å²) in [6, 6.07) is -0.624. The standard InChI is InChI=1S/C21H43N3O3/c1-5-6-7-8-9-10-11-12-13-14-15-16-22-21(27)23-19(17-20(25)26)18-24(2,3)4/h19H,5-18H2,1-4H3,(H2-,22,23,25,26,27)/p+1/t19-/m1/s1. The van der Waals surface area contributed by atoms with E-state index in [0.717, 1.165) is 12.8 Å². The van der Waals surface area contributed by atoms with E-state index >= 15 is 0 Å². The summed E-state index contributed by atoms with van der Waals surface area (Å²) >= 11 is 0. The van der Waals surface area contributed by atoms with Crippen LogP contribution in [0.4, 0.5) is 4.79 Å². The lowest BCUT2D eigenvalue weighted by Gasteiger charge is -2.29. The fraction of sp³-hybridized carbons (Fsp3) is 0.905. The molecule has 0 aliphatic heterocycles. The number of nitrogens with one attached hydrogen (secondary N) is 2. The minimum absolute atomic E-state index is 0.0542. The Morgan fingerprint density at radius 2 is 1.33 bits per heavy atom. The highest BCUT2D eigenvalue weighted by molar-refractivity contribution is 5.75. The van der Waals surface area contributed by atoms with Crippen LogP contribution in [-0.2, 0) is 4.79 Å². The Morgan fingerprint density at radius 1 is 0.852 bits per heavy atom. The number of likely N-dealkylation sites (N-methyl/N-ethyl adjacent to an activating group) is 1. The van der Waals surface area contributed by atoms with Gasteiger partial charge in [0.25, 0.3) is 0 Å². The number of rotatable bonds is 17. The summed E-state index contributed by atoms with van der Waals surface area (Å²) < 4.78 is 0.608. The molecule has 27 heavy (non-hydrogen) atoms. The predicted octanol–water partition coefficient (Wildman–Crippen LogP) is 4.15. The zero-order valence-electron chi connectivity index (χ0n) is 18.2. The van der Waals surface area contributed by atoms with Crippen molar-refractivity contribution >= 4 is 12.0 Å². The third-order valence-electron chi connectivity index (χ3n) is 4.59. The number of amides is 2. The van der Waals surface area contributed by atoms with E-state index < -0.39 is 5.97 Å². The third kappa shape index (κ3) is 19.3. The fourth-order valence-corrected chi connectivity index (χ4v) is 3.26. The van der Waals surface area contributed by atoms with Crippen molar-refractivity contribution in [1.82, 2.24) is 10.6 Å². The molecule has 3 N–H and O–H groups in total. The van der Waals surface area contributed by atoms with E-state index in [-0.39, 0.29) is 18.5 Å². The van der Waals surface area contributed by atoms with Gasteiger partial charge in [-0.3, -0.25) is 4.79 Å². The van der Waals surface area contributed by atoms with Gasteiger partial charge >= 0.3 is 12.0 Å². The normalized spacial score (nSPS) is 12.6. The first-order chi connectivity index (χ1) is 12.7. The van der Waals surface area contributed by atoms with Gasteiger partial charge in [0.2, 0.25) is 0 Å². The molecule has 0 fully saturated rings. The summed E-state index contributed by atoms with van der Waals surface area (Å²) in [7, 11) is 5.96. The molecular weight excluding hydrogens is 342 g/mol. The van der Waals surface area contributed by atoms with Crippen LogP contribution < -0.4 is 10.6 Å². The van der Waals surface area contributed by atoms with Gasteiger partial charge in [-0.25, -0.2) is 4.79 Å². The Hall–Kier alpha value is -1.30. The lowest BCUT2D eigenvalue weighted by Crippen LogP contribution is -2.52. The first kappa shape index (κ1) is 25.7. The highest BCUT2D eigenvalue weighted by Gasteiger charge is 2.22. The zero-order chi connectivity index (χ0) is 20.5. The average Bonchev–Trinajstić information content (AvgIpc) is 2.53. The topological polar surface area (TPSA) is 78.4 Å². The number of carboxylic acid groups (broad SMARTS) is 1. The van der Waals surface area contributed by atoms with Crippen LogP contribution in [0.15, 0.2) is 0 Å². The van der Waals surface area contributed by atoms with Crippen LogP contribution in [0.1, 0.15) is 84.0 Å². The number of unbranched alkanes of at least 4 members (excludes halogenated alkanes) is 10. The van der Waals surface area contributed by atoms with Gasteiger partial charge < -0.3 is 20.2 Å². The van der Waals surface area contributed by atoms with Gasteiger partial charge in [-0.15, -0.1) is 0 Å². The second-order valence-corrected chi connectivity index (χ2v) is 8.70. The van der Waals surface area contributed by atoms with Gasteiger partial charge in [-0.1, -0.05) is 71.1 Å². The molecule has 160 valence electrons. The molecule has 0 unspecified atom stereocenters. The van der Waals surface area contributed by atoms with Gasteiger partial charge in [0, 0.05) is 6.54 Å². The molecule has 0 aliphatic carbocycles. The number of aliphatic carboxylic acids is 1. The Morgan fingerprint density at radius 3 is 1.78 bits per heavy atom. The van der Waals surface area contributed by atoms with Crippen molar-refractivity contribution < 1.29 is 19.2 Å². The average molecular weight is 387 g/mol. The molecular formula is C21H44N3O3+. The Kier molecular flexibility index (Phi) is 15.0. The van der Waals surface area contributed by atoms with Gasteiger partial charge in [-0.05, 0) is 6.42 Å². The van der Waals surface area contributed by atoms with Gasteiger partial charge in [0.15, 0.2) is 0 Å². The van der Waals surface area contributed by atoms with Crippen molar-refractivity contribution in [3.8, 4) is 0 Å². The van der Waals surface area contributed by atoms with E-state index in [9.17, 15) is 9.59 Å². The summed E-state index contributed by atoms with van der Waals surface area (Å²) in [5, 5.41) is 14.7. The number of hydrogen-bond donors (Lipinski definition) is 3. The van der Waals surface area contributed by atoms with Crippen molar-refractivity contribution in [1.29, 1.82) is 0 Å². The molecule has 0 bridgehead atoms. The molecule has 1 atom stereocenters. The summed E-state index contributed by atoms with van der Waals surface area (Å²) in [6.07, 6.45) is 14.0. The number of urea groups is 1. The van der Waals surface area contributed by atoms with Crippen molar-refractivity contribution in [3.63, 3.8) is 0 Å². The minimum Gasteiger partial charge on any atom is -0.481 e. The number of quaternary nitrogens is 1. The summed E-state index contributed by atoms with van der Waals surface area (Å²) in [5.41, 5.74) is 0. The molecule has 2 amide bonds. The Bertz CT molecular complexity index is 395.